The van der Waals surface area contributed by atoms with Crippen LogP contribution in [0.4, 0.5) is 13.2 Å². The standard InChI is InChI=1S/C20H16F3N3O2/c1-13-16(10-24)18(26(25-13)15-5-3-2-4-6-15)12-28-19-8-7-14(11-27)9-17(19)20(21,22)23/h2-9,27H,11-12H2,1H3. The molecule has 0 saturated heterocycles. The summed E-state index contributed by atoms with van der Waals surface area (Å²) in [5, 5.41) is 22.9. The molecule has 5 nitrogen and oxygen atoms in total. The first kappa shape index (κ1) is 19.5. The van der Waals surface area contributed by atoms with Crippen LogP contribution in [0, 0.1) is 18.3 Å². The van der Waals surface area contributed by atoms with E-state index in [0.717, 1.165) is 12.1 Å². The zero-order chi connectivity index (χ0) is 20.3. The third-order valence-electron chi connectivity index (χ3n) is 4.16. The van der Waals surface area contributed by atoms with Gasteiger partial charge in [-0.3, -0.25) is 0 Å². The molecular weight excluding hydrogens is 371 g/mol. The van der Waals surface area contributed by atoms with E-state index < -0.39 is 18.3 Å². The zero-order valence-corrected chi connectivity index (χ0v) is 14.9. The third kappa shape index (κ3) is 3.85. The van der Waals surface area contributed by atoms with Gasteiger partial charge in [-0.05, 0) is 36.8 Å². The van der Waals surface area contributed by atoms with Gasteiger partial charge in [0.05, 0.1) is 29.2 Å². The van der Waals surface area contributed by atoms with Crippen molar-refractivity contribution in [2.45, 2.75) is 26.3 Å². The van der Waals surface area contributed by atoms with Crippen LogP contribution >= 0.6 is 0 Å². The number of aliphatic hydroxyl groups excluding tert-OH is 1. The number of nitrogens with zero attached hydrogens (tertiary/aromatic N) is 3. The number of rotatable bonds is 5. The molecule has 8 heteroatoms. The summed E-state index contributed by atoms with van der Waals surface area (Å²) in [4.78, 5) is 0. The second-order valence-electron chi connectivity index (χ2n) is 6.04. The molecule has 0 fully saturated rings. The second kappa shape index (κ2) is 7.74. The summed E-state index contributed by atoms with van der Waals surface area (Å²) in [6.07, 6.45) is -4.64. The number of nitriles is 1. The number of aromatic nitrogens is 2. The molecule has 0 saturated carbocycles. The first-order valence-electron chi connectivity index (χ1n) is 8.33. The number of aliphatic hydroxyl groups is 1. The highest BCUT2D eigenvalue weighted by atomic mass is 19.4. The van der Waals surface area contributed by atoms with Crippen molar-refractivity contribution in [2.24, 2.45) is 0 Å². The van der Waals surface area contributed by atoms with Gasteiger partial charge < -0.3 is 9.84 Å². The highest BCUT2D eigenvalue weighted by Gasteiger charge is 2.35. The maximum atomic E-state index is 13.4. The number of hydrogen-bond donors (Lipinski definition) is 1. The normalized spacial score (nSPS) is 11.3. The van der Waals surface area contributed by atoms with Crippen molar-refractivity contribution in [1.82, 2.24) is 9.78 Å². The molecule has 2 aromatic carbocycles. The van der Waals surface area contributed by atoms with Gasteiger partial charge in [0.25, 0.3) is 0 Å². The molecule has 0 atom stereocenters. The van der Waals surface area contributed by atoms with Crippen LogP contribution in [-0.4, -0.2) is 14.9 Å². The lowest BCUT2D eigenvalue weighted by Gasteiger charge is -2.16. The molecular formula is C20H16F3N3O2. The Morgan fingerprint density at radius 1 is 1.18 bits per heavy atom. The fourth-order valence-corrected chi connectivity index (χ4v) is 2.81. The lowest BCUT2D eigenvalue weighted by molar-refractivity contribution is -0.139. The van der Waals surface area contributed by atoms with Crippen molar-refractivity contribution >= 4 is 0 Å². The third-order valence-corrected chi connectivity index (χ3v) is 4.16. The number of alkyl halides is 3. The number of benzene rings is 2. The van der Waals surface area contributed by atoms with Gasteiger partial charge in [-0.25, -0.2) is 4.68 Å². The van der Waals surface area contributed by atoms with E-state index >= 15 is 0 Å². The molecule has 1 aromatic heterocycles. The average molecular weight is 387 g/mol. The second-order valence-corrected chi connectivity index (χ2v) is 6.04. The predicted octanol–water partition coefficient (Wildman–Crippen LogP) is 4.14. The summed E-state index contributed by atoms with van der Waals surface area (Å²) >= 11 is 0. The summed E-state index contributed by atoms with van der Waals surface area (Å²) in [5.41, 5.74) is 0.867. The number of halogens is 3. The lowest BCUT2D eigenvalue weighted by Crippen LogP contribution is -2.12. The Labute approximate surface area is 159 Å². The minimum Gasteiger partial charge on any atom is -0.487 e. The van der Waals surface area contributed by atoms with Gasteiger partial charge in [0.2, 0.25) is 0 Å². The summed E-state index contributed by atoms with van der Waals surface area (Å²) in [6.45, 7) is 0.862. The minimum atomic E-state index is -4.64. The molecule has 0 radical (unpaired) electrons. The van der Waals surface area contributed by atoms with E-state index in [4.69, 9.17) is 9.84 Å². The summed E-state index contributed by atoms with van der Waals surface area (Å²) in [7, 11) is 0. The molecule has 0 unspecified atom stereocenters. The molecule has 3 rings (SSSR count). The molecule has 144 valence electrons. The Morgan fingerprint density at radius 2 is 1.89 bits per heavy atom. The van der Waals surface area contributed by atoms with Gasteiger partial charge in [-0.2, -0.15) is 23.5 Å². The topological polar surface area (TPSA) is 71.1 Å². The zero-order valence-electron chi connectivity index (χ0n) is 14.9. The molecule has 0 amide bonds. The van der Waals surface area contributed by atoms with Crippen LogP contribution in [0.1, 0.15) is 28.1 Å². The Bertz CT molecular complexity index is 1020. The molecule has 0 aliphatic carbocycles. The predicted molar refractivity (Wildman–Crippen MR) is 94.7 cm³/mol. The van der Waals surface area contributed by atoms with Crippen LogP contribution in [-0.2, 0) is 19.4 Å². The Kier molecular flexibility index (Phi) is 5.38. The monoisotopic (exact) mass is 387 g/mol. The molecule has 0 spiro atoms. The van der Waals surface area contributed by atoms with Crippen molar-refractivity contribution in [3.8, 4) is 17.5 Å². The van der Waals surface area contributed by atoms with E-state index in [9.17, 15) is 18.4 Å². The van der Waals surface area contributed by atoms with Crippen LogP contribution in [0.2, 0.25) is 0 Å². The van der Waals surface area contributed by atoms with Crippen molar-refractivity contribution in [2.75, 3.05) is 0 Å². The van der Waals surface area contributed by atoms with Crippen LogP contribution in [0.3, 0.4) is 0 Å². The molecule has 28 heavy (non-hydrogen) atoms. The van der Waals surface area contributed by atoms with Crippen LogP contribution in [0.5, 0.6) is 5.75 Å². The molecule has 1 N–H and O–H groups in total. The van der Waals surface area contributed by atoms with Crippen LogP contribution in [0.15, 0.2) is 48.5 Å². The summed E-state index contributed by atoms with van der Waals surface area (Å²) < 4.78 is 47.0. The fraction of sp³-hybridized carbons (Fsp3) is 0.200. The maximum absolute atomic E-state index is 13.4. The summed E-state index contributed by atoms with van der Waals surface area (Å²) in [5.74, 6) is -0.382. The minimum absolute atomic E-state index is 0.127. The SMILES string of the molecule is Cc1nn(-c2ccccc2)c(COc2ccc(CO)cc2C(F)(F)F)c1C#N. The Balaban J connectivity index is 1.99. The average Bonchev–Trinajstić information content (AvgIpc) is 3.01. The van der Waals surface area contributed by atoms with E-state index in [2.05, 4.69) is 5.10 Å². The van der Waals surface area contributed by atoms with Crippen LogP contribution < -0.4 is 4.74 Å². The maximum Gasteiger partial charge on any atom is 0.419 e. The highest BCUT2D eigenvalue weighted by Crippen LogP contribution is 2.37. The number of para-hydroxylation sites is 1. The van der Waals surface area contributed by atoms with Crippen LogP contribution in [0.25, 0.3) is 5.69 Å². The first-order valence-corrected chi connectivity index (χ1v) is 8.33. The highest BCUT2D eigenvalue weighted by molar-refractivity contribution is 5.44. The van der Waals surface area contributed by atoms with E-state index in [0.29, 0.717) is 17.1 Å². The molecule has 0 aliphatic rings. The van der Waals surface area contributed by atoms with Gasteiger partial charge in [0.15, 0.2) is 0 Å². The van der Waals surface area contributed by atoms with Crippen molar-refractivity contribution in [3.05, 3.63) is 76.6 Å². The van der Waals surface area contributed by atoms with Crippen molar-refractivity contribution in [1.29, 1.82) is 5.26 Å². The quantitative estimate of drug-likeness (QED) is 0.714. The number of hydrogen-bond acceptors (Lipinski definition) is 4. The van der Waals surface area contributed by atoms with E-state index in [1.54, 1.807) is 31.2 Å². The molecule has 1 heterocycles. The van der Waals surface area contributed by atoms with Gasteiger partial charge in [0, 0.05) is 0 Å². The van der Waals surface area contributed by atoms with Gasteiger partial charge in [0.1, 0.15) is 24.0 Å². The first-order chi connectivity index (χ1) is 13.3. The van der Waals surface area contributed by atoms with E-state index in [1.165, 1.54) is 10.7 Å². The smallest absolute Gasteiger partial charge is 0.419 e. The Hall–Kier alpha value is -3.31. The summed E-state index contributed by atoms with van der Waals surface area (Å²) in [6, 6.07) is 14.3. The van der Waals surface area contributed by atoms with E-state index in [1.807, 2.05) is 12.1 Å². The van der Waals surface area contributed by atoms with E-state index in [-0.39, 0.29) is 23.5 Å². The Morgan fingerprint density at radius 3 is 2.50 bits per heavy atom. The molecule has 0 aliphatic heterocycles. The molecule has 3 aromatic rings. The van der Waals surface area contributed by atoms with Gasteiger partial charge >= 0.3 is 6.18 Å². The van der Waals surface area contributed by atoms with Crippen molar-refractivity contribution < 1.29 is 23.0 Å². The van der Waals surface area contributed by atoms with Gasteiger partial charge in [-0.15, -0.1) is 0 Å². The fourth-order valence-electron chi connectivity index (χ4n) is 2.81. The number of aryl methyl sites for hydroxylation is 1. The molecule has 0 bridgehead atoms. The largest absolute Gasteiger partial charge is 0.487 e. The lowest BCUT2D eigenvalue weighted by atomic mass is 10.1. The van der Waals surface area contributed by atoms with Crippen molar-refractivity contribution in [3.63, 3.8) is 0 Å². The van der Waals surface area contributed by atoms with Gasteiger partial charge in [-0.1, -0.05) is 24.3 Å². The number of ether oxygens (including phenoxy) is 1.